The van der Waals surface area contributed by atoms with Gasteiger partial charge in [0.1, 0.15) is 10.7 Å². The molecule has 0 bridgehead atoms. The van der Waals surface area contributed by atoms with Crippen molar-refractivity contribution in [2.45, 2.75) is 24.9 Å². The summed E-state index contributed by atoms with van der Waals surface area (Å²) in [5, 5.41) is 8.27. The molecule has 3 aromatic heterocycles. The molecule has 9 nitrogen and oxygen atoms in total. The minimum atomic E-state index is -9.78. The van der Waals surface area contributed by atoms with Crippen molar-refractivity contribution in [3.8, 4) is 34.5 Å². The number of aromatic nitrogens is 5. The standard InChI is InChI=1S/C28H27F5N6O3S/c1-18-13-23(28-35-27(37-42-28)21-7-9-22(10-8-21)43(29,30,31,32)33)36-39(18)17-20-6-12-26(34-15-20)38(2)16-19-5-11-24(40-3)25(14-19)41-4/h5-15H,16-17H2,1-4H3. The van der Waals surface area contributed by atoms with Crippen molar-refractivity contribution in [1.82, 2.24) is 24.9 Å². The van der Waals surface area contributed by atoms with E-state index in [-0.39, 0.29) is 17.3 Å². The molecule has 0 atom stereocenters. The van der Waals surface area contributed by atoms with E-state index in [0.717, 1.165) is 34.8 Å². The second kappa shape index (κ2) is 10.3. The third-order valence-corrected chi connectivity index (χ3v) is 7.75. The van der Waals surface area contributed by atoms with Crippen molar-refractivity contribution >= 4 is 16.0 Å². The molecule has 0 spiro atoms. The number of nitrogens with zero attached hydrogens (tertiary/aromatic N) is 6. The van der Waals surface area contributed by atoms with E-state index in [2.05, 4.69) is 20.2 Å². The zero-order valence-electron chi connectivity index (χ0n) is 23.5. The monoisotopic (exact) mass is 622 g/mol. The summed E-state index contributed by atoms with van der Waals surface area (Å²) in [4.78, 5) is 8.77. The Morgan fingerprint density at radius 3 is 2.21 bits per heavy atom. The highest BCUT2D eigenvalue weighted by Gasteiger charge is 2.65. The largest absolute Gasteiger partial charge is 0.493 e. The number of hydrogen-bond donors (Lipinski definition) is 0. The third-order valence-electron chi connectivity index (χ3n) is 6.58. The smallest absolute Gasteiger partial charge is 0.310 e. The average molecular weight is 623 g/mol. The van der Waals surface area contributed by atoms with Gasteiger partial charge in [0.15, 0.2) is 17.2 Å². The van der Waals surface area contributed by atoms with Crippen LogP contribution in [0.2, 0.25) is 0 Å². The van der Waals surface area contributed by atoms with E-state index in [1.165, 1.54) is 0 Å². The first kappa shape index (κ1) is 29.8. The van der Waals surface area contributed by atoms with Gasteiger partial charge < -0.3 is 18.9 Å². The Kier molecular flexibility index (Phi) is 7.11. The SMILES string of the molecule is COc1ccc(CN(C)c2ccc(Cn3nc(-c4nc(-c5ccc(S(F)(F)(F)(F)F)cc5)no4)cc3C)cn2)cc1OC. The van der Waals surface area contributed by atoms with Gasteiger partial charge in [-0.3, -0.25) is 4.68 Å². The van der Waals surface area contributed by atoms with Crippen LogP contribution in [-0.4, -0.2) is 46.2 Å². The summed E-state index contributed by atoms with van der Waals surface area (Å²) in [5.41, 5.74) is 3.12. The van der Waals surface area contributed by atoms with E-state index in [1.54, 1.807) is 31.2 Å². The maximum atomic E-state index is 13.0. The molecule has 0 amide bonds. The van der Waals surface area contributed by atoms with Crippen molar-refractivity contribution in [2.24, 2.45) is 0 Å². The number of benzene rings is 2. The summed E-state index contributed by atoms with van der Waals surface area (Å²) in [7, 11) is -4.67. The maximum Gasteiger partial charge on any atom is 0.310 e. The topological polar surface area (TPSA) is 91.3 Å². The number of aryl methyl sites for hydroxylation is 1. The molecular formula is C28H27F5N6O3S. The van der Waals surface area contributed by atoms with Gasteiger partial charge in [0, 0.05) is 31.0 Å². The van der Waals surface area contributed by atoms with Crippen molar-refractivity contribution in [2.75, 3.05) is 26.2 Å². The Labute approximate surface area is 243 Å². The fraction of sp³-hybridized carbons (Fsp3) is 0.214. The number of anilines is 1. The molecule has 0 saturated carbocycles. The number of pyridine rings is 1. The molecule has 0 aliphatic rings. The molecule has 0 fully saturated rings. The van der Waals surface area contributed by atoms with Gasteiger partial charge in [-0.2, -0.15) is 10.1 Å². The molecule has 3 heterocycles. The first-order valence-electron chi connectivity index (χ1n) is 12.7. The number of rotatable bonds is 10. The van der Waals surface area contributed by atoms with Crippen molar-refractivity contribution in [3.63, 3.8) is 0 Å². The lowest BCUT2D eigenvalue weighted by atomic mass is 10.2. The molecule has 228 valence electrons. The van der Waals surface area contributed by atoms with E-state index >= 15 is 0 Å². The van der Waals surface area contributed by atoms with Crippen LogP contribution in [0.3, 0.4) is 0 Å². The molecule has 5 rings (SSSR count). The lowest BCUT2D eigenvalue weighted by molar-refractivity contribution is 0.354. The molecule has 43 heavy (non-hydrogen) atoms. The molecule has 0 aliphatic heterocycles. The predicted octanol–water partition coefficient (Wildman–Crippen LogP) is 7.66. The Morgan fingerprint density at radius 2 is 1.58 bits per heavy atom. The highest BCUT2D eigenvalue weighted by molar-refractivity contribution is 8.45. The van der Waals surface area contributed by atoms with Crippen LogP contribution >= 0.6 is 10.2 Å². The highest BCUT2D eigenvalue weighted by atomic mass is 32.5. The van der Waals surface area contributed by atoms with Crippen LogP contribution in [0.15, 0.2) is 76.3 Å². The van der Waals surface area contributed by atoms with Crippen LogP contribution in [0.5, 0.6) is 11.5 Å². The molecule has 0 saturated heterocycles. The highest BCUT2D eigenvalue weighted by Crippen LogP contribution is 3.02. The molecule has 0 radical (unpaired) electrons. The summed E-state index contributed by atoms with van der Waals surface area (Å²) < 4.78 is 82.7. The Morgan fingerprint density at radius 1 is 0.884 bits per heavy atom. The van der Waals surface area contributed by atoms with Crippen molar-refractivity contribution in [3.05, 3.63) is 83.7 Å². The number of hydrogen-bond acceptors (Lipinski definition) is 8. The summed E-state index contributed by atoms with van der Waals surface area (Å²) >= 11 is 0. The van der Waals surface area contributed by atoms with E-state index < -0.39 is 15.1 Å². The number of methoxy groups -OCH3 is 2. The fourth-order valence-electron chi connectivity index (χ4n) is 4.32. The summed E-state index contributed by atoms with van der Waals surface area (Å²) in [5.74, 6) is 2.04. The average Bonchev–Trinajstić information content (AvgIpc) is 3.59. The Bertz CT molecular complexity index is 1760. The van der Waals surface area contributed by atoms with Crippen molar-refractivity contribution in [1.29, 1.82) is 0 Å². The Hall–Kier alpha value is -4.66. The van der Waals surface area contributed by atoms with Gasteiger partial charge >= 0.3 is 10.2 Å². The summed E-state index contributed by atoms with van der Waals surface area (Å²) in [6.45, 7) is 2.83. The third kappa shape index (κ3) is 6.71. The molecule has 5 aromatic rings. The fourth-order valence-corrected chi connectivity index (χ4v) is 4.97. The first-order chi connectivity index (χ1) is 20.1. The van der Waals surface area contributed by atoms with Crippen LogP contribution < -0.4 is 14.4 Å². The second-order valence-corrected chi connectivity index (χ2v) is 12.2. The van der Waals surface area contributed by atoms with Gasteiger partial charge in [-0.05, 0) is 66.6 Å². The predicted molar refractivity (Wildman–Crippen MR) is 152 cm³/mol. The van der Waals surface area contributed by atoms with E-state index in [1.807, 2.05) is 49.2 Å². The van der Waals surface area contributed by atoms with Crippen LogP contribution in [-0.2, 0) is 13.1 Å². The van der Waals surface area contributed by atoms with Gasteiger partial charge in [0.05, 0.1) is 20.8 Å². The van der Waals surface area contributed by atoms with Gasteiger partial charge in [0.25, 0.3) is 5.89 Å². The van der Waals surface area contributed by atoms with Gasteiger partial charge in [0.2, 0.25) is 5.82 Å². The molecule has 0 N–H and O–H groups in total. The summed E-state index contributed by atoms with van der Waals surface area (Å²) in [6, 6.07) is 13.6. The Balaban J connectivity index is 1.26. The lowest BCUT2D eigenvalue weighted by Gasteiger charge is -2.40. The van der Waals surface area contributed by atoms with Crippen LogP contribution in [0.25, 0.3) is 23.0 Å². The quantitative estimate of drug-likeness (QED) is 0.147. The summed E-state index contributed by atoms with van der Waals surface area (Å²) in [6.07, 6.45) is 1.75. The molecule has 0 unspecified atom stereocenters. The minimum Gasteiger partial charge on any atom is -0.493 e. The van der Waals surface area contributed by atoms with Crippen molar-refractivity contribution < 1.29 is 33.4 Å². The molecule has 15 heteroatoms. The van der Waals surface area contributed by atoms with E-state index in [0.29, 0.717) is 42.4 Å². The lowest BCUT2D eigenvalue weighted by Crippen LogP contribution is -2.18. The normalized spacial score (nSPS) is 13.3. The van der Waals surface area contributed by atoms with Crippen LogP contribution in [0.4, 0.5) is 25.2 Å². The van der Waals surface area contributed by atoms with E-state index in [9.17, 15) is 19.4 Å². The zero-order valence-corrected chi connectivity index (χ0v) is 24.3. The number of ether oxygens (including phenoxy) is 2. The molecule has 0 aliphatic carbocycles. The number of halogens is 5. The second-order valence-electron chi connectivity index (χ2n) is 9.82. The van der Waals surface area contributed by atoms with Crippen LogP contribution in [0.1, 0.15) is 16.8 Å². The zero-order chi connectivity index (χ0) is 31.1. The van der Waals surface area contributed by atoms with E-state index in [4.69, 9.17) is 14.0 Å². The minimum absolute atomic E-state index is 0.0268. The van der Waals surface area contributed by atoms with Gasteiger partial charge in [-0.15, -0.1) is 0 Å². The molecular weight excluding hydrogens is 595 g/mol. The van der Waals surface area contributed by atoms with Gasteiger partial charge in [-0.1, -0.05) is 36.7 Å². The first-order valence-corrected chi connectivity index (χ1v) is 14.7. The maximum absolute atomic E-state index is 13.0. The molecule has 2 aromatic carbocycles. The van der Waals surface area contributed by atoms with Crippen LogP contribution in [0, 0.1) is 6.92 Å². The van der Waals surface area contributed by atoms with Gasteiger partial charge in [-0.25, -0.2) is 4.98 Å².